The lowest BCUT2D eigenvalue weighted by Crippen LogP contribution is -2.63. The van der Waals surface area contributed by atoms with Gasteiger partial charge in [0.05, 0.1) is 29.0 Å². The highest BCUT2D eigenvalue weighted by Crippen LogP contribution is 2.42. The van der Waals surface area contributed by atoms with Gasteiger partial charge in [0.25, 0.3) is 5.91 Å². The second-order valence-corrected chi connectivity index (χ2v) is 13.7. The maximum Gasteiger partial charge on any atom is 0.322 e. The third-order valence-corrected chi connectivity index (χ3v) is 10.7. The van der Waals surface area contributed by atoms with Gasteiger partial charge >= 0.3 is 12.0 Å². The SMILES string of the molecule is C#Cc1c(F)ccc2cc(OCOC)cc(N3CCc4c(nc(OC[C@@]56CCCN5C[C@H](F)C6)nc4N4CCC5(CN4)NC(=O)NC5=O)C3)c12. The molecule has 13 nitrogen and oxygen atoms in total. The summed E-state index contributed by atoms with van der Waals surface area (Å²) in [7, 11) is 1.54. The van der Waals surface area contributed by atoms with Crippen molar-refractivity contribution >= 4 is 34.2 Å². The van der Waals surface area contributed by atoms with Gasteiger partial charge in [-0.2, -0.15) is 9.97 Å². The lowest BCUT2D eigenvalue weighted by molar-refractivity contribution is -0.124. The van der Waals surface area contributed by atoms with Crippen LogP contribution in [0.5, 0.6) is 11.8 Å². The topological polar surface area (TPSA) is 133 Å². The number of anilines is 2. The first-order valence-electron chi connectivity index (χ1n) is 16.9. The summed E-state index contributed by atoms with van der Waals surface area (Å²) in [4.78, 5) is 38.7. The van der Waals surface area contributed by atoms with E-state index >= 15 is 4.39 Å². The van der Waals surface area contributed by atoms with Gasteiger partial charge < -0.3 is 24.4 Å². The van der Waals surface area contributed by atoms with Crippen molar-refractivity contribution in [2.45, 2.75) is 55.9 Å². The summed E-state index contributed by atoms with van der Waals surface area (Å²) in [5.74, 6) is 2.83. The van der Waals surface area contributed by atoms with Gasteiger partial charge in [0.15, 0.2) is 12.6 Å². The first kappa shape index (κ1) is 32.4. The van der Waals surface area contributed by atoms with Crippen molar-refractivity contribution in [3.05, 3.63) is 46.9 Å². The molecule has 0 radical (unpaired) electrons. The molecule has 5 aliphatic heterocycles. The fourth-order valence-corrected chi connectivity index (χ4v) is 8.23. The van der Waals surface area contributed by atoms with Gasteiger partial charge in [0.1, 0.15) is 29.9 Å². The molecule has 0 aliphatic carbocycles. The van der Waals surface area contributed by atoms with Crippen molar-refractivity contribution in [1.82, 2.24) is 30.9 Å². The summed E-state index contributed by atoms with van der Waals surface area (Å²) in [5.41, 5.74) is 4.30. The molecule has 1 aromatic heterocycles. The minimum Gasteiger partial charge on any atom is -0.467 e. The Morgan fingerprint density at radius 1 is 1.14 bits per heavy atom. The molecule has 1 unspecified atom stereocenters. The van der Waals surface area contributed by atoms with Crippen LogP contribution >= 0.6 is 0 Å². The van der Waals surface area contributed by atoms with Crippen LogP contribution in [0.1, 0.15) is 42.5 Å². The molecule has 8 rings (SSSR count). The number of nitrogens with one attached hydrogen (secondary N) is 3. The first-order valence-corrected chi connectivity index (χ1v) is 16.9. The normalized spacial score (nSPS) is 26.2. The van der Waals surface area contributed by atoms with Gasteiger partial charge in [-0.05, 0) is 43.3 Å². The highest BCUT2D eigenvalue weighted by molar-refractivity contribution is 6.07. The number of hydrogen-bond donors (Lipinski definition) is 3. The molecule has 15 heteroatoms. The van der Waals surface area contributed by atoms with Crippen LogP contribution < -0.4 is 35.4 Å². The van der Waals surface area contributed by atoms with E-state index in [2.05, 4.69) is 31.8 Å². The number of hydrazine groups is 1. The molecule has 5 aliphatic rings. The number of rotatable bonds is 8. The number of benzene rings is 2. The molecule has 262 valence electrons. The van der Waals surface area contributed by atoms with Crippen LogP contribution in [0.2, 0.25) is 0 Å². The maximum atomic E-state index is 15.1. The Morgan fingerprint density at radius 3 is 2.78 bits per heavy atom. The third kappa shape index (κ3) is 5.51. The van der Waals surface area contributed by atoms with Crippen molar-refractivity contribution in [1.29, 1.82) is 0 Å². The van der Waals surface area contributed by atoms with Crippen LogP contribution in [-0.4, -0.2) is 97.3 Å². The van der Waals surface area contributed by atoms with Crippen molar-refractivity contribution in [3.8, 4) is 24.1 Å². The van der Waals surface area contributed by atoms with E-state index in [1.807, 2.05) is 11.1 Å². The maximum absolute atomic E-state index is 15.1. The number of carbonyl (C=O) groups excluding carboxylic acids is 2. The highest BCUT2D eigenvalue weighted by atomic mass is 19.1. The van der Waals surface area contributed by atoms with E-state index < -0.39 is 29.1 Å². The first-order chi connectivity index (χ1) is 24.2. The Labute approximate surface area is 287 Å². The average Bonchev–Trinajstić information content (AvgIpc) is 3.73. The molecule has 3 N–H and O–H groups in total. The summed E-state index contributed by atoms with van der Waals surface area (Å²) < 4.78 is 46.9. The van der Waals surface area contributed by atoms with Crippen molar-refractivity contribution in [3.63, 3.8) is 0 Å². The van der Waals surface area contributed by atoms with Gasteiger partial charge in [-0.3, -0.25) is 20.0 Å². The summed E-state index contributed by atoms with van der Waals surface area (Å²) in [6.07, 6.45) is 8.04. The number of alkyl halides is 1. The average molecular weight is 689 g/mol. The molecule has 4 saturated heterocycles. The third-order valence-electron chi connectivity index (χ3n) is 10.7. The lowest BCUT2D eigenvalue weighted by Gasteiger charge is -2.40. The van der Waals surface area contributed by atoms with E-state index in [1.165, 1.54) is 13.2 Å². The molecule has 0 bridgehead atoms. The van der Waals surface area contributed by atoms with Crippen LogP contribution in [0.4, 0.5) is 25.1 Å². The highest BCUT2D eigenvalue weighted by Gasteiger charge is 2.50. The van der Waals surface area contributed by atoms with E-state index in [0.29, 0.717) is 73.8 Å². The predicted octanol–water partition coefficient (Wildman–Crippen LogP) is 2.54. The van der Waals surface area contributed by atoms with Gasteiger partial charge in [-0.1, -0.05) is 12.0 Å². The van der Waals surface area contributed by atoms with Crippen LogP contribution in [0, 0.1) is 18.2 Å². The zero-order chi connectivity index (χ0) is 34.6. The number of amides is 3. The van der Waals surface area contributed by atoms with Crippen molar-refractivity contribution < 1.29 is 32.6 Å². The van der Waals surface area contributed by atoms with Crippen LogP contribution in [0.3, 0.4) is 0 Å². The number of aromatic nitrogens is 2. The van der Waals surface area contributed by atoms with Crippen LogP contribution in [-0.2, 0) is 22.5 Å². The molecule has 50 heavy (non-hydrogen) atoms. The number of urea groups is 1. The Hall–Kier alpha value is -4.78. The number of halogens is 2. The number of imide groups is 1. The molecule has 4 fully saturated rings. The Balaban J connectivity index is 1.15. The number of methoxy groups -OCH3 is 1. The molecule has 3 atom stereocenters. The van der Waals surface area contributed by atoms with Crippen molar-refractivity contribution in [2.75, 3.05) is 63.1 Å². The molecular weight excluding hydrogens is 650 g/mol. The quantitative estimate of drug-likeness (QED) is 0.183. The molecule has 0 saturated carbocycles. The number of carbonyl (C=O) groups is 2. The standard InChI is InChI=1S/C35H38F2N8O5/c1-3-24-26(37)6-5-21-13-23(50-20-48-2)14-28(29(21)24)43-11-7-25-27(17-43)39-33(49-19-34-8-4-10-44(34)16-22(36)15-34)40-30(25)45-12-9-35(18-38-45)31(46)41-32(47)42-35/h1,5-6,13-14,22,38H,4,7-12,15-20H2,2H3,(H2,41,42,46,47)/t22-,34+,35?/m1/s1. The molecule has 3 amide bonds. The fourth-order valence-electron chi connectivity index (χ4n) is 8.23. The smallest absolute Gasteiger partial charge is 0.322 e. The van der Waals surface area contributed by atoms with E-state index in [1.54, 1.807) is 12.1 Å². The molecule has 2 aromatic carbocycles. The number of fused-ring (bicyclic) bond motifs is 3. The molecule has 1 spiro atoms. The van der Waals surface area contributed by atoms with E-state index in [-0.39, 0.29) is 37.4 Å². The van der Waals surface area contributed by atoms with Gasteiger partial charge in [0.2, 0.25) is 0 Å². The van der Waals surface area contributed by atoms with Gasteiger partial charge in [0, 0.05) is 63.1 Å². The summed E-state index contributed by atoms with van der Waals surface area (Å²) >= 11 is 0. The molecule has 3 aromatic rings. The largest absolute Gasteiger partial charge is 0.467 e. The van der Waals surface area contributed by atoms with E-state index in [4.69, 9.17) is 30.6 Å². The Kier molecular flexibility index (Phi) is 8.12. The van der Waals surface area contributed by atoms with Crippen molar-refractivity contribution in [2.24, 2.45) is 0 Å². The van der Waals surface area contributed by atoms with Crippen LogP contribution in [0.15, 0.2) is 24.3 Å². The van der Waals surface area contributed by atoms with E-state index in [0.717, 1.165) is 30.3 Å². The summed E-state index contributed by atoms with van der Waals surface area (Å²) in [6.45, 7) is 2.92. The summed E-state index contributed by atoms with van der Waals surface area (Å²) in [5, 5.41) is 8.28. The minimum absolute atomic E-state index is 0.0335. The van der Waals surface area contributed by atoms with Gasteiger partial charge in [-0.25, -0.2) is 19.0 Å². The fraction of sp³-hybridized carbons (Fsp3) is 0.486. The Bertz CT molecular complexity index is 1910. The second kappa shape index (κ2) is 12.5. The molecular formula is C35H38F2N8O5. The number of nitrogens with zero attached hydrogens (tertiary/aromatic N) is 5. The Morgan fingerprint density at radius 2 is 2.02 bits per heavy atom. The number of ether oxygens (including phenoxy) is 3. The second-order valence-electron chi connectivity index (χ2n) is 13.7. The zero-order valence-electron chi connectivity index (χ0n) is 27.7. The van der Waals surface area contributed by atoms with Crippen LogP contribution in [0.25, 0.3) is 10.8 Å². The molecule has 6 heterocycles. The number of terminal acetylenes is 1. The predicted molar refractivity (Wildman–Crippen MR) is 179 cm³/mol. The minimum atomic E-state index is -1.05. The van der Waals surface area contributed by atoms with Gasteiger partial charge in [-0.15, -0.1) is 6.42 Å². The monoisotopic (exact) mass is 688 g/mol. The summed E-state index contributed by atoms with van der Waals surface area (Å²) in [6, 6.07) is 6.32. The number of hydrogen-bond acceptors (Lipinski definition) is 11. The zero-order valence-corrected chi connectivity index (χ0v) is 27.7. The lowest BCUT2D eigenvalue weighted by atomic mass is 9.93. The van der Waals surface area contributed by atoms with E-state index in [9.17, 15) is 14.0 Å².